The van der Waals surface area contributed by atoms with Crippen molar-refractivity contribution < 1.29 is 23.4 Å². The van der Waals surface area contributed by atoms with Crippen LogP contribution >= 0.6 is 0 Å². The number of hydrogen-bond acceptors (Lipinski definition) is 4. The molecule has 1 aliphatic carbocycles. The highest BCUT2D eigenvalue weighted by molar-refractivity contribution is 5.95. The molecule has 0 spiro atoms. The van der Waals surface area contributed by atoms with Crippen LogP contribution in [0, 0.1) is 17.6 Å². The lowest BCUT2D eigenvalue weighted by atomic mass is 9.75. The van der Waals surface area contributed by atoms with Gasteiger partial charge in [0.05, 0.1) is 31.0 Å². The summed E-state index contributed by atoms with van der Waals surface area (Å²) in [6.45, 7) is 0. The zero-order valence-electron chi connectivity index (χ0n) is 13.9. The van der Waals surface area contributed by atoms with Gasteiger partial charge in [0, 0.05) is 18.8 Å². The highest BCUT2D eigenvalue weighted by atomic mass is 19.2. The van der Waals surface area contributed by atoms with Crippen molar-refractivity contribution in [3.8, 4) is 5.75 Å². The van der Waals surface area contributed by atoms with Crippen molar-refractivity contribution in [1.29, 1.82) is 0 Å². The van der Waals surface area contributed by atoms with Gasteiger partial charge in [0.2, 0.25) is 5.82 Å². The Morgan fingerprint density at radius 3 is 2.68 bits per heavy atom. The number of carbonyl (C=O) groups is 1. The first kappa shape index (κ1) is 17.3. The van der Waals surface area contributed by atoms with Crippen molar-refractivity contribution in [3.05, 3.63) is 47.3 Å². The molecule has 2 aromatic rings. The van der Waals surface area contributed by atoms with Gasteiger partial charge in [-0.3, -0.25) is 9.48 Å². The van der Waals surface area contributed by atoms with E-state index in [0.29, 0.717) is 12.8 Å². The highest BCUT2D eigenvalue weighted by Gasteiger charge is 2.36. The molecule has 1 aliphatic rings. The molecule has 0 saturated heterocycles. The SMILES string of the molecule is COc1ccc(C(=O)N[C@@H](c2cnn(C)c2)C2CC(O)C2)c(F)c1F. The maximum absolute atomic E-state index is 14.1. The van der Waals surface area contributed by atoms with Gasteiger partial charge in [0.25, 0.3) is 5.91 Å². The number of nitrogens with one attached hydrogen (secondary N) is 1. The minimum Gasteiger partial charge on any atom is -0.494 e. The molecule has 2 N–H and O–H groups in total. The summed E-state index contributed by atoms with van der Waals surface area (Å²) in [6.07, 6.45) is 4.01. The number of hydrogen-bond donors (Lipinski definition) is 2. The van der Waals surface area contributed by atoms with Crippen LogP contribution in [-0.2, 0) is 7.05 Å². The molecule has 0 radical (unpaired) electrons. The topological polar surface area (TPSA) is 76.4 Å². The Balaban J connectivity index is 1.84. The number of aryl methyl sites for hydroxylation is 1. The molecule has 6 nitrogen and oxygen atoms in total. The zero-order valence-corrected chi connectivity index (χ0v) is 13.9. The van der Waals surface area contributed by atoms with Crippen LogP contribution in [0.3, 0.4) is 0 Å². The fourth-order valence-electron chi connectivity index (χ4n) is 3.06. The number of aliphatic hydroxyl groups is 1. The molecule has 1 saturated carbocycles. The number of rotatable bonds is 5. The lowest BCUT2D eigenvalue weighted by molar-refractivity contribution is 0.0234. The van der Waals surface area contributed by atoms with E-state index < -0.39 is 35.3 Å². The number of aromatic nitrogens is 2. The van der Waals surface area contributed by atoms with E-state index in [-0.39, 0.29) is 11.7 Å². The minimum absolute atomic E-state index is 0.00862. The molecule has 3 rings (SSSR count). The van der Waals surface area contributed by atoms with E-state index in [1.807, 2.05) is 0 Å². The average molecular weight is 351 g/mol. The van der Waals surface area contributed by atoms with Crippen LogP contribution in [0.5, 0.6) is 5.75 Å². The standard InChI is InChI=1S/C17H19F2N3O3/c1-22-8-10(7-20-22)16(9-5-11(23)6-9)21-17(24)12-3-4-13(25-2)15(19)14(12)18/h3-4,7-9,11,16,23H,5-6H2,1-2H3,(H,21,24)/t9?,11?,16-/m1/s1. The van der Waals surface area contributed by atoms with Gasteiger partial charge in [0.15, 0.2) is 11.6 Å². The van der Waals surface area contributed by atoms with Gasteiger partial charge >= 0.3 is 0 Å². The van der Waals surface area contributed by atoms with E-state index >= 15 is 0 Å². The van der Waals surface area contributed by atoms with Crippen LogP contribution in [0.1, 0.15) is 34.8 Å². The lowest BCUT2D eigenvalue weighted by Crippen LogP contribution is -2.41. The van der Waals surface area contributed by atoms with Gasteiger partial charge in [-0.2, -0.15) is 9.49 Å². The van der Waals surface area contributed by atoms with Crippen LogP contribution in [0.2, 0.25) is 0 Å². The van der Waals surface area contributed by atoms with Gasteiger partial charge < -0.3 is 15.2 Å². The Morgan fingerprint density at radius 1 is 1.40 bits per heavy atom. The van der Waals surface area contributed by atoms with E-state index in [9.17, 15) is 18.7 Å². The summed E-state index contributed by atoms with van der Waals surface area (Å²) in [5.41, 5.74) is 0.356. The molecule has 134 valence electrons. The molecule has 25 heavy (non-hydrogen) atoms. The Kier molecular flexibility index (Phi) is 4.71. The lowest BCUT2D eigenvalue weighted by Gasteiger charge is -2.37. The van der Waals surface area contributed by atoms with Crippen LogP contribution in [0.4, 0.5) is 8.78 Å². The quantitative estimate of drug-likeness (QED) is 0.863. The summed E-state index contributed by atoms with van der Waals surface area (Å²) in [4.78, 5) is 12.5. The molecule has 1 fully saturated rings. The van der Waals surface area contributed by atoms with Crippen molar-refractivity contribution in [2.24, 2.45) is 13.0 Å². The second-order valence-corrected chi connectivity index (χ2v) is 6.23. The van der Waals surface area contributed by atoms with Gasteiger partial charge in [0.1, 0.15) is 0 Å². The van der Waals surface area contributed by atoms with E-state index in [2.05, 4.69) is 10.4 Å². The van der Waals surface area contributed by atoms with Crippen LogP contribution < -0.4 is 10.1 Å². The van der Waals surface area contributed by atoms with Crippen LogP contribution in [0.15, 0.2) is 24.5 Å². The summed E-state index contributed by atoms with van der Waals surface area (Å²) >= 11 is 0. The smallest absolute Gasteiger partial charge is 0.254 e. The highest BCUT2D eigenvalue weighted by Crippen LogP contribution is 2.38. The predicted octanol–water partition coefficient (Wildman–Crippen LogP) is 1.95. The van der Waals surface area contributed by atoms with Gasteiger partial charge in [-0.1, -0.05) is 0 Å². The predicted molar refractivity (Wildman–Crippen MR) is 85.1 cm³/mol. The maximum atomic E-state index is 14.1. The van der Waals surface area contributed by atoms with Crippen LogP contribution in [0.25, 0.3) is 0 Å². The van der Waals surface area contributed by atoms with Crippen LogP contribution in [-0.4, -0.2) is 34.0 Å². The Labute approximate surface area is 143 Å². The van der Waals surface area contributed by atoms with E-state index in [4.69, 9.17) is 4.74 Å². The third-order valence-electron chi connectivity index (χ3n) is 4.50. The first-order valence-corrected chi connectivity index (χ1v) is 7.90. The number of ether oxygens (including phenoxy) is 1. The van der Waals surface area contributed by atoms with E-state index in [1.165, 1.54) is 19.2 Å². The summed E-state index contributed by atoms with van der Waals surface area (Å²) in [7, 11) is 2.97. The van der Waals surface area contributed by atoms with Crippen molar-refractivity contribution in [2.75, 3.05) is 7.11 Å². The summed E-state index contributed by atoms with van der Waals surface area (Å²) in [5.74, 6) is -3.44. The molecular formula is C17H19F2N3O3. The largest absolute Gasteiger partial charge is 0.494 e. The van der Waals surface area contributed by atoms with Gasteiger partial charge in [-0.15, -0.1) is 0 Å². The molecule has 1 aromatic heterocycles. The Hall–Kier alpha value is -2.48. The van der Waals surface area contributed by atoms with E-state index in [1.54, 1.807) is 24.1 Å². The fourth-order valence-corrected chi connectivity index (χ4v) is 3.06. The van der Waals surface area contributed by atoms with Crippen molar-refractivity contribution in [1.82, 2.24) is 15.1 Å². The summed E-state index contributed by atoms with van der Waals surface area (Å²) in [6, 6.07) is 1.95. The molecular weight excluding hydrogens is 332 g/mol. The second-order valence-electron chi connectivity index (χ2n) is 6.23. The summed E-state index contributed by atoms with van der Waals surface area (Å²) in [5, 5.41) is 16.4. The monoisotopic (exact) mass is 351 g/mol. The number of nitrogens with zero attached hydrogens (tertiary/aromatic N) is 2. The molecule has 1 heterocycles. The third-order valence-corrected chi connectivity index (χ3v) is 4.50. The molecule has 1 atom stereocenters. The molecule has 0 aliphatic heterocycles. The van der Waals surface area contributed by atoms with Gasteiger partial charge in [-0.05, 0) is 30.9 Å². The van der Waals surface area contributed by atoms with E-state index in [0.717, 1.165) is 5.56 Å². The molecule has 1 aromatic carbocycles. The molecule has 0 bridgehead atoms. The summed E-state index contributed by atoms with van der Waals surface area (Å²) < 4.78 is 34.3. The molecule has 0 unspecified atom stereocenters. The number of aliphatic hydroxyl groups excluding tert-OH is 1. The number of carbonyl (C=O) groups excluding carboxylic acids is 1. The number of methoxy groups -OCH3 is 1. The first-order chi connectivity index (χ1) is 11.9. The van der Waals surface area contributed by atoms with Crippen molar-refractivity contribution in [3.63, 3.8) is 0 Å². The Morgan fingerprint density at radius 2 is 2.12 bits per heavy atom. The molecule has 1 amide bonds. The van der Waals surface area contributed by atoms with Crippen molar-refractivity contribution >= 4 is 5.91 Å². The number of benzene rings is 1. The molecule has 8 heteroatoms. The minimum atomic E-state index is -1.25. The zero-order chi connectivity index (χ0) is 18.1. The third kappa shape index (κ3) is 3.34. The normalized spacial score (nSPS) is 20.7. The second kappa shape index (κ2) is 6.79. The maximum Gasteiger partial charge on any atom is 0.254 e. The Bertz CT molecular complexity index is 787. The van der Waals surface area contributed by atoms with Crippen molar-refractivity contribution in [2.45, 2.75) is 25.0 Å². The first-order valence-electron chi connectivity index (χ1n) is 7.90. The fraction of sp³-hybridized carbons (Fsp3) is 0.412. The van der Waals surface area contributed by atoms with Gasteiger partial charge in [-0.25, -0.2) is 4.39 Å². The number of amides is 1. The number of halogens is 2. The average Bonchev–Trinajstić information content (AvgIpc) is 2.98.